The van der Waals surface area contributed by atoms with Gasteiger partial charge in [0.25, 0.3) is 0 Å². The lowest BCUT2D eigenvalue weighted by molar-refractivity contribution is -0.136. The smallest absolute Gasteiger partial charge is 0.241 e. The molecule has 1 atom stereocenters. The Bertz CT molecular complexity index is 846. The van der Waals surface area contributed by atoms with Crippen LogP contribution in [-0.4, -0.2) is 43.4 Å². The Hall–Kier alpha value is -2.71. The number of carbonyl (C=O) groups excluding carboxylic acids is 2. The zero-order chi connectivity index (χ0) is 18.9. The van der Waals surface area contributed by atoms with Crippen LogP contribution in [0.1, 0.15) is 19.4 Å². The maximum absolute atomic E-state index is 13.6. The maximum Gasteiger partial charge on any atom is 0.241 e. The molecule has 0 spiro atoms. The van der Waals surface area contributed by atoms with Crippen molar-refractivity contribution in [1.82, 2.24) is 4.90 Å². The average Bonchev–Trinajstić information content (AvgIpc) is 2.65. The van der Waals surface area contributed by atoms with Crippen LogP contribution in [0.4, 0.5) is 0 Å². The molecule has 26 heavy (non-hydrogen) atoms. The van der Waals surface area contributed by atoms with E-state index in [0.29, 0.717) is 19.7 Å². The molecule has 5 heteroatoms. The van der Waals surface area contributed by atoms with Crippen LogP contribution in [0, 0.1) is 16.7 Å². The number of nitriles is 1. The van der Waals surface area contributed by atoms with E-state index in [1.165, 1.54) is 0 Å². The van der Waals surface area contributed by atoms with E-state index in [1.54, 1.807) is 31.9 Å². The monoisotopic (exact) mass is 350 g/mol. The molecule has 1 aliphatic heterocycles. The summed E-state index contributed by atoms with van der Waals surface area (Å²) in [6.07, 6.45) is 3.52. The van der Waals surface area contributed by atoms with Gasteiger partial charge in [-0.15, -0.1) is 0 Å². The quantitative estimate of drug-likeness (QED) is 0.782. The van der Waals surface area contributed by atoms with Crippen LogP contribution in [0.15, 0.2) is 53.6 Å². The van der Waals surface area contributed by atoms with Crippen molar-refractivity contribution in [2.24, 2.45) is 5.41 Å². The third kappa shape index (κ3) is 2.49. The molecule has 0 radical (unpaired) electrons. The number of methoxy groups -OCH3 is 1. The third-order valence-electron chi connectivity index (χ3n) is 5.33. The normalized spacial score (nSPS) is 24.5. The molecule has 0 aromatic heterocycles. The molecular formula is C21H22N2O3. The Kier molecular flexibility index (Phi) is 4.55. The molecular weight excluding hydrogens is 328 g/mol. The molecule has 1 amide bonds. The van der Waals surface area contributed by atoms with Gasteiger partial charge in [0.15, 0.2) is 5.78 Å². The number of nitrogens with zero attached hydrogens (tertiary/aromatic N) is 2. The summed E-state index contributed by atoms with van der Waals surface area (Å²) in [6.45, 7) is 4.90. The number of carbonyl (C=O) groups is 2. The Labute approximate surface area is 153 Å². The van der Waals surface area contributed by atoms with Crippen LogP contribution in [0.25, 0.3) is 0 Å². The Morgan fingerprint density at radius 3 is 2.54 bits per heavy atom. The first-order valence-corrected chi connectivity index (χ1v) is 8.62. The minimum absolute atomic E-state index is 0.0398. The van der Waals surface area contributed by atoms with Crippen molar-refractivity contribution >= 4 is 11.7 Å². The summed E-state index contributed by atoms with van der Waals surface area (Å²) in [5, 5.41) is 9.54. The van der Waals surface area contributed by atoms with Crippen LogP contribution in [0.2, 0.25) is 0 Å². The molecule has 0 fully saturated rings. The lowest BCUT2D eigenvalue weighted by Crippen LogP contribution is -2.57. The summed E-state index contributed by atoms with van der Waals surface area (Å²) in [6, 6.07) is 11.4. The van der Waals surface area contributed by atoms with Gasteiger partial charge in [-0.2, -0.15) is 5.26 Å². The van der Waals surface area contributed by atoms with E-state index >= 15 is 0 Å². The minimum Gasteiger partial charge on any atom is -0.383 e. The topological polar surface area (TPSA) is 70.4 Å². The lowest BCUT2D eigenvalue weighted by atomic mass is 9.56. The number of allylic oxidation sites excluding steroid dienone is 1. The van der Waals surface area contributed by atoms with Crippen LogP contribution in [0.3, 0.4) is 0 Å². The van der Waals surface area contributed by atoms with Crippen LogP contribution in [0.5, 0.6) is 0 Å². The van der Waals surface area contributed by atoms with Crippen molar-refractivity contribution in [3.63, 3.8) is 0 Å². The first-order chi connectivity index (χ1) is 12.4. The highest BCUT2D eigenvalue weighted by molar-refractivity contribution is 6.11. The van der Waals surface area contributed by atoms with Crippen LogP contribution in [-0.2, 0) is 19.7 Å². The van der Waals surface area contributed by atoms with Gasteiger partial charge in [0, 0.05) is 20.2 Å². The SMILES string of the molecule is COCCN1CC=C2C(C)(C)C(=O)C(C#N)=C[C@@]2(c2ccccc2)C1=O. The summed E-state index contributed by atoms with van der Waals surface area (Å²) in [5.41, 5.74) is -0.488. The fourth-order valence-corrected chi connectivity index (χ4v) is 3.98. The minimum atomic E-state index is -1.13. The number of Topliss-reactive ketones (excluding diaryl/α,β-unsaturated/α-hetero) is 1. The number of ether oxygens (including phenoxy) is 1. The van der Waals surface area contributed by atoms with E-state index in [1.807, 2.05) is 42.5 Å². The van der Waals surface area contributed by atoms with Gasteiger partial charge in [-0.3, -0.25) is 9.59 Å². The molecule has 1 heterocycles. The van der Waals surface area contributed by atoms with Crippen LogP contribution >= 0.6 is 0 Å². The maximum atomic E-state index is 13.6. The third-order valence-corrected chi connectivity index (χ3v) is 5.33. The Morgan fingerprint density at radius 1 is 1.23 bits per heavy atom. The molecule has 0 N–H and O–H groups in total. The molecule has 5 nitrogen and oxygen atoms in total. The van der Waals surface area contributed by atoms with E-state index in [-0.39, 0.29) is 17.3 Å². The second kappa shape index (κ2) is 6.54. The first kappa shape index (κ1) is 18.1. The van der Waals surface area contributed by atoms with E-state index in [4.69, 9.17) is 4.74 Å². The van der Waals surface area contributed by atoms with Crippen molar-refractivity contribution < 1.29 is 14.3 Å². The van der Waals surface area contributed by atoms with E-state index in [2.05, 4.69) is 0 Å². The van der Waals surface area contributed by atoms with E-state index < -0.39 is 10.8 Å². The number of benzene rings is 1. The van der Waals surface area contributed by atoms with Gasteiger partial charge in [-0.05, 0) is 31.1 Å². The molecule has 1 aromatic carbocycles. The summed E-state index contributed by atoms with van der Waals surface area (Å²) in [7, 11) is 1.60. The predicted molar refractivity (Wildman–Crippen MR) is 97.1 cm³/mol. The highest BCUT2D eigenvalue weighted by atomic mass is 16.5. The predicted octanol–water partition coefficient (Wildman–Crippen LogP) is 2.40. The number of hydrogen-bond donors (Lipinski definition) is 0. The molecule has 134 valence electrons. The number of fused-ring (bicyclic) bond motifs is 1. The van der Waals surface area contributed by atoms with Crippen LogP contribution < -0.4 is 0 Å². The van der Waals surface area contributed by atoms with Crippen molar-refractivity contribution in [2.75, 3.05) is 26.8 Å². The molecule has 3 rings (SSSR count). The standard InChI is InChI=1S/C21H22N2O3/c1-20(2)17-9-10-23(11-12-26-3)19(25)21(17,13-15(14-22)18(20)24)16-7-5-4-6-8-16/h4-9,13H,10-12H2,1-3H3/t21-/m0/s1. The second-order valence-electron chi connectivity index (χ2n) is 7.16. The van der Waals surface area contributed by atoms with Gasteiger partial charge in [-0.25, -0.2) is 0 Å². The molecule has 1 aliphatic carbocycles. The van der Waals surface area contributed by atoms with Gasteiger partial charge in [0.1, 0.15) is 11.5 Å². The summed E-state index contributed by atoms with van der Waals surface area (Å²) >= 11 is 0. The summed E-state index contributed by atoms with van der Waals surface area (Å²) in [4.78, 5) is 28.1. The molecule has 0 unspecified atom stereocenters. The van der Waals surface area contributed by atoms with E-state index in [0.717, 1.165) is 11.1 Å². The van der Waals surface area contributed by atoms with Gasteiger partial charge in [0.2, 0.25) is 5.91 Å². The second-order valence-corrected chi connectivity index (χ2v) is 7.16. The zero-order valence-corrected chi connectivity index (χ0v) is 15.3. The molecule has 2 aliphatic rings. The number of ketones is 1. The summed E-state index contributed by atoms with van der Waals surface area (Å²) < 4.78 is 5.13. The summed E-state index contributed by atoms with van der Waals surface area (Å²) in [5.74, 6) is -0.359. The first-order valence-electron chi connectivity index (χ1n) is 8.62. The molecule has 0 saturated carbocycles. The highest BCUT2D eigenvalue weighted by Crippen LogP contribution is 2.51. The lowest BCUT2D eigenvalue weighted by Gasteiger charge is -2.48. The van der Waals surface area contributed by atoms with Crippen molar-refractivity contribution in [3.05, 3.63) is 59.2 Å². The highest BCUT2D eigenvalue weighted by Gasteiger charge is 2.56. The Balaban J connectivity index is 2.29. The average molecular weight is 350 g/mol. The Morgan fingerprint density at radius 2 is 1.92 bits per heavy atom. The van der Waals surface area contributed by atoms with Crippen molar-refractivity contribution in [3.8, 4) is 6.07 Å². The fraction of sp³-hybridized carbons (Fsp3) is 0.381. The van der Waals surface area contributed by atoms with E-state index in [9.17, 15) is 14.9 Å². The largest absolute Gasteiger partial charge is 0.383 e. The molecule has 0 bridgehead atoms. The fourth-order valence-electron chi connectivity index (χ4n) is 3.98. The van der Waals surface area contributed by atoms with Gasteiger partial charge in [0.05, 0.1) is 17.6 Å². The van der Waals surface area contributed by atoms with Crippen molar-refractivity contribution in [2.45, 2.75) is 19.3 Å². The number of hydrogen-bond acceptors (Lipinski definition) is 4. The molecule has 1 aromatic rings. The number of amides is 1. The van der Waals surface area contributed by atoms with Gasteiger partial charge < -0.3 is 9.64 Å². The zero-order valence-electron chi connectivity index (χ0n) is 15.3. The number of rotatable bonds is 4. The van der Waals surface area contributed by atoms with Gasteiger partial charge >= 0.3 is 0 Å². The molecule has 0 saturated heterocycles. The van der Waals surface area contributed by atoms with Crippen molar-refractivity contribution in [1.29, 1.82) is 5.26 Å². The van der Waals surface area contributed by atoms with Gasteiger partial charge in [-0.1, -0.05) is 36.4 Å².